The largest absolute Gasteiger partial charge is 0.480 e. The molecule has 5 nitrogen and oxygen atoms in total. The molecule has 19 heavy (non-hydrogen) atoms. The molecular weight excluding hydrogens is 264 g/mol. The van der Waals surface area contributed by atoms with Gasteiger partial charge in [-0.05, 0) is 30.2 Å². The highest BCUT2D eigenvalue weighted by molar-refractivity contribution is 7.08. The molecule has 0 bridgehead atoms. The van der Waals surface area contributed by atoms with Crippen molar-refractivity contribution >= 4 is 29.0 Å². The molecule has 1 saturated carbocycles. The van der Waals surface area contributed by atoms with Crippen LogP contribution in [0.1, 0.15) is 32.6 Å². The van der Waals surface area contributed by atoms with Crippen molar-refractivity contribution < 1.29 is 14.7 Å². The number of carbonyl (C=O) groups is 2. The second-order valence-corrected chi connectivity index (χ2v) is 5.96. The lowest BCUT2D eigenvalue weighted by molar-refractivity contribution is -0.146. The molecule has 2 atom stereocenters. The Morgan fingerprint density at radius 3 is 2.89 bits per heavy atom. The summed E-state index contributed by atoms with van der Waals surface area (Å²) >= 11 is 1.47. The van der Waals surface area contributed by atoms with Crippen LogP contribution in [0.25, 0.3) is 0 Å². The molecule has 3 N–H and O–H groups in total. The van der Waals surface area contributed by atoms with Crippen molar-refractivity contribution in [2.45, 2.75) is 38.1 Å². The smallest absolute Gasteiger partial charge is 0.329 e. The molecule has 6 heteroatoms. The van der Waals surface area contributed by atoms with E-state index in [1.165, 1.54) is 11.3 Å². The summed E-state index contributed by atoms with van der Waals surface area (Å²) in [5.41, 5.74) is -0.440. The zero-order valence-corrected chi connectivity index (χ0v) is 11.6. The molecule has 1 aromatic heterocycles. The quantitative estimate of drug-likeness (QED) is 0.797. The highest BCUT2D eigenvalue weighted by Gasteiger charge is 2.43. The Morgan fingerprint density at radius 1 is 1.53 bits per heavy atom. The summed E-state index contributed by atoms with van der Waals surface area (Å²) < 4.78 is 0. The molecule has 0 aromatic carbocycles. The van der Waals surface area contributed by atoms with Crippen LogP contribution in [0.4, 0.5) is 10.5 Å². The van der Waals surface area contributed by atoms with Crippen molar-refractivity contribution in [1.29, 1.82) is 0 Å². The van der Waals surface area contributed by atoms with Crippen LogP contribution in [0.2, 0.25) is 0 Å². The van der Waals surface area contributed by atoms with Gasteiger partial charge in [-0.1, -0.05) is 19.8 Å². The Kier molecular flexibility index (Phi) is 4.09. The number of aliphatic carboxylic acids is 1. The number of anilines is 1. The topological polar surface area (TPSA) is 78.4 Å². The minimum atomic E-state index is -1.13. The molecular formula is C13H18N2O3S. The summed E-state index contributed by atoms with van der Waals surface area (Å²) in [6.45, 7) is 2.02. The summed E-state index contributed by atoms with van der Waals surface area (Å²) in [5.74, 6) is -0.634. The number of thiophene rings is 1. The third kappa shape index (κ3) is 3.26. The van der Waals surface area contributed by atoms with E-state index >= 15 is 0 Å². The molecule has 2 unspecified atom stereocenters. The van der Waals surface area contributed by atoms with Gasteiger partial charge in [-0.2, -0.15) is 11.3 Å². The molecule has 104 valence electrons. The van der Waals surface area contributed by atoms with Crippen molar-refractivity contribution in [3.05, 3.63) is 16.8 Å². The number of nitrogens with one attached hydrogen (secondary N) is 2. The predicted molar refractivity (Wildman–Crippen MR) is 74.5 cm³/mol. The van der Waals surface area contributed by atoms with E-state index in [9.17, 15) is 14.7 Å². The molecule has 0 radical (unpaired) electrons. The first-order valence-corrected chi connectivity index (χ1v) is 7.31. The van der Waals surface area contributed by atoms with Crippen LogP contribution in [0.15, 0.2) is 16.8 Å². The van der Waals surface area contributed by atoms with Crippen LogP contribution in [0.5, 0.6) is 0 Å². The summed E-state index contributed by atoms with van der Waals surface area (Å²) in [6, 6.07) is 1.33. The van der Waals surface area contributed by atoms with Gasteiger partial charge in [-0.15, -0.1) is 0 Å². The number of rotatable bonds is 3. The van der Waals surface area contributed by atoms with Crippen LogP contribution < -0.4 is 10.6 Å². The van der Waals surface area contributed by atoms with Gasteiger partial charge in [0.05, 0.1) is 5.69 Å². The Balaban J connectivity index is 2.04. The number of carboxylic acid groups (broad SMARTS) is 1. The van der Waals surface area contributed by atoms with Crippen molar-refractivity contribution in [2.75, 3.05) is 5.32 Å². The van der Waals surface area contributed by atoms with Crippen molar-refractivity contribution in [3.8, 4) is 0 Å². The fourth-order valence-corrected chi connectivity index (χ4v) is 3.22. The van der Waals surface area contributed by atoms with Crippen molar-refractivity contribution in [1.82, 2.24) is 5.32 Å². The minimum absolute atomic E-state index is 0.311. The van der Waals surface area contributed by atoms with Crippen molar-refractivity contribution in [3.63, 3.8) is 0 Å². The van der Waals surface area contributed by atoms with Crippen LogP contribution in [0.3, 0.4) is 0 Å². The van der Waals surface area contributed by atoms with Crippen LogP contribution in [-0.4, -0.2) is 22.6 Å². The Hall–Kier alpha value is -1.56. The first-order chi connectivity index (χ1) is 9.02. The monoisotopic (exact) mass is 282 g/mol. The Labute approximate surface area is 116 Å². The van der Waals surface area contributed by atoms with Gasteiger partial charge in [0, 0.05) is 5.38 Å². The fourth-order valence-electron chi connectivity index (χ4n) is 2.63. The van der Waals surface area contributed by atoms with Gasteiger partial charge in [0.2, 0.25) is 0 Å². The van der Waals surface area contributed by atoms with E-state index in [4.69, 9.17) is 0 Å². The highest BCUT2D eigenvalue weighted by Crippen LogP contribution is 2.32. The average Bonchev–Trinajstić information content (AvgIpc) is 2.81. The number of carbonyl (C=O) groups excluding carboxylic acids is 1. The molecule has 1 fully saturated rings. The van der Waals surface area contributed by atoms with Gasteiger partial charge in [0.25, 0.3) is 0 Å². The molecule has 1 aromatic rings. The molecule has 0 aliphatic heterocycles. The fraction of sp³-hybridized carbons (Fsp3) is 0.538. The van der Waals surface area contributed by atoms with Gasteiger partial charge in [0.1, 0.15) is 5.54 Å². The Bertz CT molecular complexity index is 460. The maximum absolute atomic E-state index is 11.9. The van der Waals surface area contributed by atoms with E-state index in [0.29, 0.717) is 24.4 Å². The van der Waals surface area contributed by atoms with E-state index in [0.717, 1.165) is 12.8 Å². The summed E-state index contributed by atoms with van der Waals surface area (Å²) in [7, 11) is 0. The van der Waals surface area contributed by atoms with Crippen LogP contribution in [-0.2, 0) is 4.79 Å². The van der Waals surface area contributed by atoms with E-state index in [-0.39, 0.29) is 0 Å². The molecule has 2 amide bonds. The van der Waals surface area contributed by atoms with E-state index in [1.807, 2.05) is 12.3 Å². The molecule has 1 aliphatic carbocycles. The number of carboxylic acids is 1. The first kappa shape index (κ1) is 13.9. The van der Waals surface area contributed by atoms with Gasteiger partial charge in [-0.3, -0.25) is 0 Å². The van der Waals surface area contributed by atoms with Gasteiger partial charge >= 0.3 is 12.0 Å². The lowest BCUT2D eigenvalue weighted by Crippen LogP contribution is -2.57. The maximum atomic E-state index is 11.9. The van der Waals surface area contributed by atoms with Crippen LogP contribution in [0, 0.1) is 5.92 Å². The number of hydrogen-bond donors (Lipinski definition) is 3. The van der Waals surface area contributed by atoms with Gasteiger partial charge in [-0.25, -0.2) is 9.59 Å². The maximum Gasteiger partial charge on any atom is 0.329 e. The number of amides is 2. The number of urea groups is 1. The highest BCUT2D eigenvalue weighted by atomic mass is 32.1. The number of hydrogen-bond acceptors (Lipinski definition) is 3. The third-order valence-corrected chi connectivity index (χ3v) is 4.22. The normalized spacial score (nSPS) is 26.7. The predicted octanol–water partition coefficient (Wildman–Crippen LogP) is 2.90. The third-order valence-electron chi connectivity index (χ3n) is 3.54. The van der Waals surface area contributed by atoms with Crippen LogP contribution >= 0.6 is 11.3 Å². The molecule has 0 spiro atoms. The second-order valence-electron chi connectivity index (χ2n) is 5.18. The second kappa shape index (κ2) is 5.61. The van der Waals surface area contributed by atoms with E-state index in [2.05, 4.69) is 10.6 Å². The standard InChI is InChI=1S/C13H18N2O3S/c1-9-3-2-5-13(7-9,11(16)17)15-12(18)14-10-4-6-19-8-10/h4,6,8-9H,2-3,5,7H2,1H3,(H,16,17)(H2,14,15,18). The molecule has 1 heterocycles. The molecule has 1 aliphatic rings. The SMILES string of the molecule is CC1CCCC(NC(=O)Nc2ccsc2)(C(=O)O)C1. The summed E-state index contributed by atoms with van der Waals surface area (Å²) in [6.07, 6.45) is 2.82. The first-order valence-electron chi connectivity index (χ1n) is 6.36. The summed E-state index contributed by atoms with van der Waals surface area (Å²) in [4.78, 5) is 23.4. The van der Waals surface area contributed by atoms with Gasteiger partial charge in [0.15, 0.2) is 0 Å². The van der Waals surface area contributed by atoms with Gasteiger partial charge < -0.3 is 15.7 Å². The van der Waals surface area contributed by atoms with Crippen molar-refractivity contribution in [2.24, 2.45) is 5.92 Å². The van der Waals surface area contributed by atoms with E-state index < -0.39 is 17.5 Å². The lowest BCUT2D eigenvalue weighted by Gasteiger charge is -2.36. The minimum Gasteiger partial charge on any atom is -0.480 e. The lowest BCUT2D eigenvalue weighted by atomic mass is 9.76. The zero-order chi connectivity index (χ0) is 13.9. The zero-order valence-electron chi connectivity index (χ0n) is 10.8. The molecule has 2 rings (SSSR count). The summed E-state index contributed by atoms with van der Waals surface area (Å²) in [5, 5.41) is 18.4. The van der Waals surface area contributed by atoms with E-state index in [1.54, 1.807) is 11.4 Å². The Morgan fingerprint density at radius 2 is 2.32 bits per heavy atom. The average molecular weight is 282 g/mol. The molecule has 0 saturated heterocycles.